The fourth-order valence-electron chi connectivity index (χ4n) is 2.72. The molecule has 0 amide bonds. The van der Waals surface area contributed by atoms with Gasteiger partial charge in [-0.15, -0.1) is 0 Å². The number of hydrogen-bond acceptors (Lipinski definition) is 4. The SMILES string of the molecule is CCN(Cc1ccc(C#CC(C)(C)O)cc1)[C@H]1CCS(=O)(=O)C1. The first-order valence-corrected chi connectivity index (χ1v) is 9.79. The first-order valence-electron chi connectivity index (χ1n) is 7.97. The van der Waals surface area contributed by atoms with Crippen molar-refractivity contribution >= 4 is 9.84 Å². The molecular weight excluding hydrogens is 310 g/mol. The largest absolute Gasteiger partial charge is 0.378 e. The predicted molar refractivity (Wildman–Crippen MR) is 92.8 cm³/mol. The van der Waals surface area contributed by atoms with Crippen molar-refractivity contribution in [2.24, 2.45) is 0 Å². The van der Waals surface area contributed by atoms with Crippen LogP contribution in [0.15, 0.2) is 24.3 Å². The van der Waals surface area contributed by atoms with E-state index in [-0.39, 0.29) is 11.8 Å². The van der Waals surface area contributed by atoms with Gasteiger partial charge in [0.2, 0.25) is 0 Å². The molecule has 0 aromatic heterocycles. The molecule has 1 saturated heterocycles. The summed E-state index contributed by atoms with van der Waals surface area (Å²) < 4.78 is 23.3. The highest BCUT2D eigenvalue weighted by atomic mass is 32.2. The Labute approximate surface area is 139 Å². The standard InChI is InChI=1S/C18H25NO3S/c1-4-19(17-10-12-23(21,22)14-17)13-16-7-5-15(6-8-16)9-11-18(2,3)20/h5-8,17,20H,4,10,12-14H2,1-3H3/t17-/m0/s1. The van der Waals surface area contributed by atoms with Crippen molar-refractivity contribution in [3.05, 3.63) is 35.4 Å². The van der Waals surface area contributed by atoms with Crippen molar-refractivity contribution in [2.45, 2.75) is 45.4 Å². The Morgan fingerprint density at radius 2 is 1.96 bits per heavy atom. The van der Waals surface area contributed by atoms with Crippen molar-refractivity contribution in [2.75, 3.05) is 18.1 Å². The van der Waals surface area contributed by atoms with Crippen LogP contribution in [0.5, 0.6) is 0 Å². The summed E-state index contributed by atoms with van der Waals surface area (Å²) in [6, 6.07) is 8.03. The van der Waals surface area contributed by atoms with Gasteiger partial charge in [0.15, 0.2) is 9.84 Å². The topological polar surface area (TPSA) is 57.6 Å². The summed E-state index contributed by atoms with van der Waals surface area (Å²) in [6.07, 6.45) is 0.727. The van der Waals surface area contributed by atoms with E-state index in [2.05, 4.69) is 23.7 Å². The normalized spacial score (nSPS) is 20.3. The maximum Gasteiger partial charge on any atom is 0.151 e. The first kappa shape index (κ1) is 18.0. The van der Waals surface area contributed by atoms with E-state index in [4.69, 9.17) is 0 Å². The molecule has 0 radical (unpaired) electrons. The van der Waals surface area contributed by atoms with Gasteiger partial charge in [0, 0.05) is 18.2 Å². The molecule has 1 aliphatic heterocycles. The molecule has 1 aliphatic rings. The second-order valence-electron chi connectivity index (χ2n) is 6.63. The molecule has 0 unspecified atom stereocenters. The number of aliphatic hydroxyl groups is 1. The minimum absolute atomic E-state index is 0.125. The van der Waals surface area contributed by atoms with Crippen LogP contribution in [0.4, 0.5) is 0 Å². The Hall–Kier alpha value is -1.35. The van der Waals surface area contributed by atoms with Crippen molar-refractivity contribution in [1.29, 1.82) is 0 Å². The Kier molecular flexibility index (Phi) is 5.51. The maximum absolute atomic E-state index is 11.6. The Bertz CT molecular complexity index is 691. The molecule has 1 N–H and O–H groups in total. The Morgan fingerprint density at radius 1 is 1.30 bits per heavy atom. The second-order valence-corrected chi connectivity index (χ2v) is 8.85. The number of sulfone groups is 1. The molecule has 5 heteroatoms. The van der Waals surface area contributed by atoms with Gasteiger partial charge in [0.25, 0.3) is 0 Å². The summed E-state index contributed by atoms with van der Waals surface area (Å²) in [5, 5.41) is 9.62. The van der Waals surface area contributed by atoms with Crippen LogP contribution in [-0.4, -0.2) is 48.1 Å². The molecule has 0 aliphatic carbocycles. The molecule has 0 bridgehead atoms. The second kappa shape index (κ2) is 7.04. The summed E-state index contributed by atoms with van der Waals surface area (Å²) in [4.78, 5) is 2.22. The van der Waals surface area contributed by atoms with Crippen LogP contribution >= 0.6 is 0 Å². The quantitative estimate of drug-likeness (QED) is 0.853. The number of hydrogen-bond donors (Lipinski definition) is 1. The molecule has 0 spiro atoms. The number of benzene rings is 1. The Balaban J connectivity index is 2.03. The third kappa shape index (κ3) is 5.65. The van der Waals surface area contributed by atoms with Gasteiger partial charge in [-0.05, 0) is 44.5 Å². The van der Waals surface area contributed by atoms with Crippen molar-refractivity contribution in [1.82, 2.24) is 4.90 Å². The lowest BCUT2D eigenvalue weighted by molar-refractivity contribution is 0.143. The minimum Gasteiger partial charge on any atom is -0.378 e. The fourth-order valence-corrected chi connectivity index (χ4v) is 4.48. The van der Waals surface area contributed by atoms with Crippen LogP contribution < -0.4 is 0 Å². The van der Waals surface area contributed by atoms with E-state index in [1.165, 1.54) is 0 Å². The monoisotopic (exact) mass is 335 g/mol. The van der Waals surface area contributed by atoms with E-state index in [9.17, 15) is 13.5 Å². The summed E-state index contributed by atoms with van der Waals surface area (Å²) in [5.41, 5.74) is 1.01. The van der Waals surface area contributed by atoms with E-state index in [0.717, 1.165) is 30.6 Å². The molecule has 4 nitrogen and oxygen atoms in total. The van der Waals surface area contributed by atoms with Crippen molar-refractivity contribution in [3.8, 4) is 11.8 Å². The zero-order chi connectivity index (χ0) is 17.1. The maximum atomic E-state index is 11.6. The van der Waals surface area contributed by atoms with Crippen molar-refractivity contribution in [3.63, 3.8) is 0 Å². The summed E-state index contributed by atoms with van der Waals surface area (Å²) >= 11 is 0. The summed E-state index contributed by atoms with van der Waals surface area (Å²) in [6.45, 7) is 6.96. The zero-order valence-corrected chi connectivity index (χ0v) is 14.9. The van der Waals surface area contributed by atoms with Gasteiger partial charge in [0.05, 0.1) is 11.5 Å². The van der Waals surface area contributed by atoms with Crippen molar-refractivity contribution < 1.29 is 13.5 Å². The van der Waals surface area contributed by atoms with Gasteiger partial charge in [0.1, 0.15) is 5.60 Å². The average Bonchev–Trinajstić information content (AvgIpc) is 2.83. The molecule has 1 heterocycles. The van der Waals surface area contributed by atoms with Crippen LogP contribution in [0.1, 0.15) is 38.3 Å². The summed E-state index contributed by atoms with van der Waals surface area (Å²) in [7, 11) is -2.85. The molecule has 1 fully saturated rings. The highest BCUT2D eigenvalue weighted by molar-refractivity contribution is 7.91. The summed E-state index contributed by atoms with van der Waals surface area (Å²) in [5.74, 6) is 6.32. The lowest BCUT2D eigenvalue weighted by Crippen LogP contribution is -2.35. The Morgan fingerprint density at radius 3 is 2.43 bits per heavy atom. The molecule has 1 aromatic carbocycles. The fraction of sp³-hybridized carbons (Fsp3) is 0.556. The van der Waals surface area contributed by atoms with Gasteiger partial charge in [-0.1, -0.05) is 30.9 Å². The molecule has 1 aromatic rings. The highest BCUT2D eigenvalue weighted by Gasteiger charge is 2.31. The predicted octanol–water partition coefficient (Wildman–Crippen LogP) is 1.82. The molecule has 0 saturated carbocycles. The highest BCUT2D eigenvalue weighted by Crippen LogP contribution is 2.20. The van der Waals surface area contributed by atoms with Crippen LogP contribution in [0.3, 0.4) is 0 Å². The molecular formula is C18H25NO3S. The first-order chi connectivity index (χ1) is 10.7. The van der Waals surface area contributed by atoms with E-state index in [1.54, 1.807) is 13.8 Å². The molecule has 23 heavy (non-hydrogen) atoms. The lowest BCUT2D eigenvalue weighted by Gasteiger charge is -2.26. The molecule has 126 valence electrons. The van der Waals surface area contributed by atoms with Crippen LogP contribution in [0, 0.1) is 11.8 Å². The van der Waals surface area contributed by atoms with Gasteiger partial charge in [-0.25, -0.2) is 8.42 Å². The van der Waals surface area contributed by atoms with E-state index in [1.807, 2.05) is 24.3 Å². The number of rotatable bonds is 4. The van der Waals surface area contributed by atoms with Gasteiger partial charge >= 0.3 is 0 Å². The van der Waals surface area contributed by atoms with E-state index in [0.29, 0.717) is 5.75 Å². The molecule has 1 atom stereocenters. The van der Waals surface area contributed by atoms with Crippen LogP contribution in [0.25, 0.3) is 0 Å². The van der Waals surface area contributed by atoms with Crippen LogP contribution in [0.2, 0.25) is 0 Å². The number of nitrogens with zero attached hydrogens (tertiary/aromatic N) is 1. The smallest absolute Gasteiger partial charge is 0.151 e. The van der Waals surface area contributed by atoms with Crippen LogP contribution in [-0.2, 0) is 16.4 Å². The van der Waals surface area contributed by atoms with E-state index >= 15 is 0 Å². The van der Waals surface area contributed by atoms with Gasteiger partial charge in [-0.3, -0.25) is 4.90 Å². The van der Waals surface area contributed by atoms with E-state index < -0.39 is 15.4 Å². The zero-order valence-electron chi connectivity index (χ0n) is 14.0. The van der Waals surface area contributed by atoms with Gasteiger partial charge in [-0.2, -0.15) is 0 Å². The minimum atomic E-state index is -2.85. The third-order valence-corrected chi connectivity index (χ3v) is 5.73. The molecule has 2 rings (SSSR count). The third-order valence-electron chi connectivity index (χ3n) is 3.98. The lowest BCUT2D eigenvalue weighted by atomic mass is 10.1. The van der Waals surface area contributed by atoms with Gasteiger partial charge < -0.3 is 5.11 Å². The average molecular weight is 335 g/mol.